The number of hydrogen-bond donors (Lipinski definition) is 2. The van der Waals surface area contributed by atoms with Gasteiger partial charge in [0.25, 0.3) is 0 Å². The number of carboxylic acid groups (broad SMARTS) is 1. The summed E-state index contributed by atoms with van der Waals surface area (Å²) < 4.78 is 23.2. The van der Waals surface area contributed by atoms with Crippen molar-refractivity contribution in [2.24, 2.45) is 5.92 Å². The largest absolute Gasteiger partial charge is 0.480 e. The Morgan fingerprint density at radius 3 is 2.57 bits per heavy atom. The summed E-state index contributed by atoms with van der Waals surface area (Å²) >= 11 is 0. The Kier molecular flexibility index (Phi) is 4.75. The molecule has 2 saturated heterocycles. The summed E-state index contributed by atoms with van der Waals surface area (Å²) in [4.78, 5) is 25.0. The smallest absolute Gasteiger partial charge is 0.326 e. The van der Waals surface area contributed by atoms with E-state index in [-0.39, 0.29) is 17.4 Å². The molecule has 21 heavy (non-hydrogen) atoms. The van der Waals surface area contributed by atoms with Gasteiger partial charge in [0.1, 0.15) is 6.04 Å². The number of sulfone groups is 1. The van der Waals surface area contributed by atoms with Crippen molar-refractivity contribution >= 4 is 21.8 Å². The number of urea groups is 1. The number of carboxylic acids is 1. The quantitative estimate of drug-likeness (QED) is 0.770. The lowest BCUT2D eigenvalue weighted by Gasteiger charge is -2.38. The molecule has 2 rings (SSSR count). The minimum Gasteiger partial charge on any atom is -0.480 e. The maximum atomic E-state index is 12.3. The van der Waals surface area contributed by atoms with Gasteiger partial charge in [-0.1, -0.05) is 6.92 Å². The van der Waals surface area contributed by atoms with Crippen molar-refractivity contribution in [3.05, 3.63) is 0 Å². The molecule has 3 atom stereocenters. The molecule has 2 amide bonds. The van der Waals surface area contributed by atoms with Crippen LogP contribution in [0.2, 0.25) is 0 Å². The van der Waals surface area contributed by atoms with Crippen LogP contribution in [0.3, 0.4) is 0 Å². The zero-order valence-corrected chi connectivity index (χ0v) is 12.9. The van der Waals surface area contributed by atoms with Crippen LogP contribution in [0.4, 0.5) is 4.79 Å². The lowest BCUT2D eigenvalue weighted by Crippen LogP contribution is -2.57. The van der Waals surface area contributed by atoms with Crippen LogP contribution in [0.25, 0.3) is 0 Å². The van der Waals surface area contributed by atoms with Crippen LogP contribution >= 0.6 is 0 Å². The van der Waals surface area contributed by atoms with Crippen LogP contribution in [-0.4, -0.2) is 60.6 Å². The summed E-state index contributed by atoms with van der Waals surface area (Å²) in [6.45, 7) is 2.22. The van der Waals surface area contributed by atoms with Gasteiger partial charge in [-0.2, -0.15) is 0 Å². The molecular formula is C13H22N2O5S. The first-order valence-corrected chi connectivity index (χ1v) is 9.12. The molecule has 0 radical (unpaired) electrons. The predicted molar refractivity (Wildman–Crippen MR) is 76.7 cm³/mol. The van der Waals surface area contributed by atoms with Gasteiger partial charge < -0.3 is 15.3 Å². The molecule has 0 aliphatic carbocycles. The van der Waals surface area contributed by atoms with Crippen molar-refractivity contribution in [1.82, 2.24) is 10.2 Å². The minimum absolute atomic E-state index is 0.0557. The first kappa shape index (κ1) is 16.1. The Balaban J connectivity index is 2.03. The number of likely N-dealkylation sites (tertiary alicyclic amines) is 1. The second-order valence-electron chi connectivity index (χ2n) is 6.00. The average Bonchev–Trinajstić information content (AvgIpc) is 2.36. The number of aliphatic carboxylic acids is 1. The number of hydrogen-bond acceptors (Lipinski definition) is 4. The Morgan fingerprint density at radius 1 is 1.24 bits per heavy atom. The monoisotopic (exact) mass is 318 g/mol. The van der Waals surface area contributed by atoms with Crippen LogP contribution < -0.4 is 5.32 Å². The number of carbonyl (C=O) groups is 2. The van der Waals surface area contributed by atoms with E-state index in [0.29, 0.717) is 19.4 Å². The van der Waals surface area contributed by atoms with Gasteiger partial charge in [-0.25, -0.2) is 18.0 Å². The van der Waals surface area contributed by atoms with Gasteiger partial charge >= 0.3 is 12.0 Å². The lowest BCUT2D eigenvalue weighted by molar-refractivity contribution is -0.145. The zero-order chi connectivity index (χ0) is 15.6. The van der Waals surface area contributed by atoms with Gasteiger partial charge in [0.15, 0.2) is 9.84 Å². The number of carbonyl (C=O) groups excluding carboxylic acids is 1. The molecular weight excluding hydrogens is 296 g/mol. The molecule has 2 N–H and O–H groups in total. The normalized spacial score (nSPS) is 32.4. The highest BCUT2D eigenvalue weighted by molar-refractivity contribution is 7.91. The van der Waals surface area contributed by atoms with Crippen LogP contribution in [0.15, 0.2) is 0 Å². The Hall–Kier alpha value is -1.31. The van der Waals surface area contributed by atoms with Crippen molar-refractivity contribution in [3.8, 4) is 0 Å². The maximum absolute atomic E-state index is 12.3. The van der Waals surface area contributed by atoms with Gasteiger partial charge in [-0.3, -0.25) is 0 Å². The number of nitrogens with zero attached hydrogens (tertiary/aromatic N) is 1. The number of piperidine rings is 1. The van der Waals surface area contributed by atoms with E-state index in [1.165, 1.54) is 4.90 Å². The van der Waals surface area contributed by atoms with Crippen molar-refractivity contribution in [1.29, 1.82) is 0 Å². The molecule has 2 fully saturated rings. The van der Waals surface area contributed by atoms with Crippen molar-refractivity contribution in [2.45, 2.75) is 44.7 Å². The van der Waals surface area contributed by atoms with E-state index >= 15 is 0 Å². The van der Waals surface area contributed by atoms with Crippen molar-refractivity contribution in [2.75, 3.05) is 18.1 Å². The van der Waals surface area contributed by atoms with E-state index in [4.69, 9.17) is 0 Å². The molecule has 0 spiro atoms. The third kappa shape index (κ3) is 3.87. The SMILES string of the molecule is CC1CCCN(C(=O)NC2CCCS(=O)(=O)C2)C1C(=O)O. The summed E-state index contributed by atoms with van der Waals surface area (Å²) in [5.74, 6) is -0.997. The van der Waals surface area contributed by atoms with E-state index in [9.17, 15) is 23.1 Å². The molecule has 0 aromatic rings. The topological polar surface area (TPSA) is 104 Å². The third-order valence-electron chi connectivity index (χ3n) is 4.24. The summed E-state index contributed by atoms with van der Waals surface area (Å²) in [7, 11) is -3.10. The summed E-state index contributed by atoms with van der Waals surface area (Å²) in [5.41, 5.74) is 0. The molecule has 3 unspecified atom stereocenters. The summed E-state index contributed by atoms with van der Waals surface area (Å²) in [6, 6.07) is -1.71. The van der Waals surface area contributed by atoms with Gasteiger partial charge in [-0.05, 0) is 31.6 Å². The highest BCUT2D eigenvalue weighted by atomic mass is 32.2. The molecule has 0 aromatic carbocycles. The summed E-state index contributed by atoms with van der Waals surface area (Å²) in [5, 5.41) is 12.0. The van der Waals surface area contributed by atoms with E-state index in [2.05, 4.69) is 5.32 Å². The van der Waals surface area contributed by atoms with E-state index < -0.39 is 33.9 Å². The van der Waals surface area contributed by atoms with E-state index in [1.54, 1.807) is 0 Å². The van der Waals surface area contributed by atoms with Crippen LogP contribution in [-0.2, 0) is 14.6 Å². The van der Waals surface area contributed by atoms with Gasteiger partial charge in [-0.15, -0.1) is 0 Å². The molecule has 8 heteroatoms. The molecule has 2 aliphatic heterocycles. The molecule has 2 aliphatic rings. The molecule has 0 saturated carbocycles. The fourth-order valence-corrected chi connectivity index (χ4v) is 4.82. The Labute approximate surface area is 124 Å². The first-order valence-electron chi connectivity index (χ1n) is 7.30. The lowest BCUT2D eigenvalue weighted by atomic mass is 9.91. The molecule has 2 heterocycles. The molecule has 7 nitrogen and oxygen atoms in total. The van der Waals surface area contributed by atoms with Crippen molar-refractivity contribution in [3.63, 3.8) is 0 Å². The number of amides is 2. The highest BCUT2D eigenvalue weighted by Gasteiger charge is 2.38. The van der Waals surface area contributed by atoms with Gasteiger partial charge in [0.2, 0.25) is 0 Å². The molecule has 0 bridgehead atoms. The Morgan fingerprint density at radius 2 is 1.95 bits per heavy atom. The van der Waals surface area contributed by atoms with E-state index in [0.717, 1.165) is 12.8 Å². The molecule has 120 valence electrons. The standard InChI is InChI=1S/C13H22N2O5S/c1-9-4-2-6-15(11(9)12(16)17)13(18)14-10-5-3-7-21(19,20)8-10/h9-11H,2-8H2,1H3,(H,14,18)(H,16,17). The second-order valence-corrected chi connectivity index (χ2v) is 8.23. The van der Waals surface area contributed by atoms with Gasteiger partial charge in [0.05, 0.1) is 11.5 Å². The second kappa shape index (κ2) is 6.21. The maximum Gasteiger partial charge on any atom is 0.326 e. The van der Waals surface area contributed by atoms with Gasteiger partial charge in [0, 0.05) is 12.6 Å². The third-order valence-corrected chi connectivity index (χ3v) is 6.06. The predicted octanol–water partition coefficient (Wildman–Crippen LogP) is 0.458. The fourth-order valence-electron chi connectivity index (χ4n) is 3.19. The first-order chi connectivity index (χ1) is 9.80. The summed E-state index contributed by atoms with van der Waals surface area (Å²) in [6.07, 6.45) is 2.69. The Bertz CT molecular complexity index is 519. The minimum atomic E-state index is -3.10. The van der Waals surface area contributed by atoms with Crippen molar-refractivity contribution < 1.29 is 23.1 Å². The number of rotatable bonds is 2. The number of nitrogens with one attached hydrogen (secondary N) is 1. The van der Waals surface area contributed by atoms with Crippen LogP contribution in [0.1, 0.15) is 32.6 Å². The fraction of sp³-hybridized carbons (Fsp3) is 0.846. The van der Waals surface area contributed by atoms with E-state index in [1.807, 2.05) is 6.92 Å². The van der Waals surface area contributed by atoms with Crippen LogP contribution in [0, 0.1) is 5.92 Å². The molecule has 0 aromatic heterocycles. The van der Waals surface area contributed by atoms with Crippen LogP contribution in [0.5, 0.6) is 0 Å². The highest BCUT2D eigenvalue weighted by Crippen LogP contribution is 2.24. The average molecular weight is 318 g/mol. The zero-order valence-electron chi connectivity index (χ0n) is 12.1.